The van der Waals surface area contributed by atoms with Crippen molar-refractivity contribution in [3.05, 3.63) is 242 Å². The predicted octanol–water partition coefficient (Wildman–Crippen LogP) is 13.8. The molecule has 0 bridgehead atoms. The van der Waals surface area contributed by atoms with Crippen LogP contribution in [0.4, 0.5) is 0 Å². The van der Waals surface area contributed by atoms with Gasteiger partial charge in [0.05, 0.1) is 33.8 Å². The Balaban J connectivity index is 1.07. The SMILES string of the molecule is C1=C(n2c3ccccc3c3c4ccccc4n(-c4ccccc4)c32)N=C(c2nc(-c3ccccc3)cc(-n3c4ccccc4c4c5ccccc5n(-c5ccccc5)c43)n2)NC1c1ccccc1. The monoisotopic (exact) mass is 872 g/mol. The lowest BCUT2D eigenvalue weighted by atomic mass is 10.1. The molecular weight excluding hydrogens is 833 g/mol. The number of amidine groups is 1. The van der Waals surface area contributed by atoms with Crippen LogP contribution in [0.1, 0.15) is 17.4 Å². The number of nitrogens with one attached hydrogen (secondary N) is 1. The molecule has 0 saturated carbocycles. The van der Waals surface area contributed by atoms with E-state index in [1.807, 2.05) is 6.07 Å². The molecule has 8 aromatic carbocycles. The number of aliphatic imine (C=N–C) groups is 1. The van der Waals surface area contributed by atoms with Crippen LogP contribution in [0.3, 0.4) is 0 Å². The molecule has 1 N–H and O–H groups in total. The van der Waals surface area contributed by atoms with E-state index in [1.165, 1.54) is 21.5 Å². The Morgan fingerprint density at radius 3 is 1.35 bits per heavy atom. The molecule has 13 aromatic rings. The molecule has 1 aliphatic heterocycles. The zero-order valence-electron chi connectivity index (χ0n) is 36.6. The van der Waals surface area contributed by atoms with Crippen molar-refractivity contribution in [3.63, 3.8) is 0 Å². The molecule has 0 fully saturated rings. The minimum atomic E-state index is -0.267. The Morgan fingerprint density at radius 1 is 0.397 bits per heavy atom. The number of para-hydroxylation sites is 6. The van der Waals surface area contributed by atoms with Crippen LogP contribution in [0.2, 0.25) is 0 Å². The maximum Gasteiger partial charge on any atom is 0.198 e. The van der Waals surface area contributed by atoms with Crippen molar-refractivity contribution < 1.29 is 0 Å². The number of aromatic nitrogens is 6. The van der Waals surface area contributed by atoms with Gasteiger partial charge >= 0.3 is 0 Å². The zero-order valence-corrected chi connectivity index (χ0v) is 36.6. The molecule has 8 nitrogen and oxygen atoms in total. The lowest BCUT2D eigenvalue weighted by Crippen LogP contribution is -2.33. The summed E-state index contributed by atoms with van der Waals surface area (Å²) in [6.45, 7) is 0. The lowest BCUT2D eigenvalue weighted by Gasteiger charge is -2.25. The molecule has 1 unspecified atom stereocenters. The summed E-state index contributed by atoms with van der Waals surface area (Å²) in [5.74, 6) is 2.56. The summed E-state index contributed by atoms with van der Waals surface area (Å²) in [5, 5.41) is 10.9. The van der Waals surface area contributed by atoms with Crippen molar-refractivity contribution in [2.45, 2.75) is 6.04 Å². The first-order valence-corrected chi connectivity index (χ1v) is 23.0. The molecule has 320 valence electrons. The van der Waals surface area contributed by atoms with Crippen LogP contribution in [-0.2, 0) is 0 Å². The van der Waals surface area contributed by atoms with Crippen molar-refractivity contribution in [2.24, 2.45) is 4.99 Å². The van der Waals surface area contributed by atoms with E-state index in [4.69, 9.17) is 15.0 Å². The van der Waals surface area contributed by atoms with Crippen molar-refractivity contribution >= 4 is 77.3 Å². The second kappa shape index (κ2) is 15.2. The molecule has 0 aliphatic carbocycles. The van der Waals surface area contributed by atoms with Gasteiger partial charge in [-0.25, -0.2) is 15.0 Å². The highest BCUT2D eigenvalue weighted by atomic mass is 15.2. The standard InChI is InChI=1S/C60H40N8/c1-5-21-39(22-6-1)47-37-53(67-51-35-19-15-31-45(51)55-43-29-13-17-33-49(43)65(59(55)67)41-25-9-3-10-26-41)63-57(61-47)58-62-48(40-23-7-2-8-24-40)38-54(64-58)68-52-36-20-16-32-46(52)56-44-30-14-18-34-50(44)66(60(56)68)42-27-11-4-12-28-42/h1-38,47H,(H,61,63). The third kappa shape index (κ3) is 5.77. The Bertz CT molecular complexity index is 4160. The number of hydrogen-bond donors (Lipinski definition) is 1. The molecule has 68 heavy (non-hydrogen) atoms. The van der Waals surface area contributed by atoms with Crippen LogP contribution in [0, 0.1) is 0 Å². The van der Waals surface area contributed by atoms with Gasteiger partial charge in [-0.15, -0.1) is 0 Å². The average molecular weight is 873 g/mol. The van der Waals surface area contributed by atoms with Crippen molar-refractivity contribution in [3.8, 4) is 28.5 Å². The lowest BCUT2D eigenvalue weighted by molar-refractivity contribution is 0.765. The van der Waals surface area contributed by atoms with Gasteiger partial charge in [0.2, 0.25) is 0 Å². The summed E-state index contributed by atoms with van der Waals surface area (Å²) in [7, 11) is 0. The highest BCUT2D eigenvalue weighted by molar-refractivity contribution is 6.24. The van der Waals surface area contributed by atoms with Crippen LogP contribution in [0.25, 0.3) is 99.9 Å². The van der Waals surface area contributed by atoms with Crippen LogP contribution in [0.5, 0.6) is 0 Å². The summed E-state index contributed by atoms with van der Waals surface area (Å²) >= 11 is 0. The fraction of sp³-hybridized carbons (Fsp3) is 0.0167. The van der Waals surface area contributed by atoms with E-state index < -0.39 is 0 Å². The van der Waals surface area contributed by atoms with E-state index in [0.29, 0.717) is 11.7 Å². The van der Waals surface area contributed by atoms with Gasteiger partial charge in [0, 0.05) is 55.3 Å². The van der Waals surface area contributed by atoms with E-state index in [-0.39, 0.29) is 6.04 Å². The summed E-state index contributed by atoms with van der Waals surface area (Å²) in [5.41, 5.74) is 11.4. The fourth-order valence-corrected chi connectivity index (χ4v) is 10.5. The molecule has 0 radical (unpaired) electrons. The summed E-state index contributed by atoms with van der Waals surface area (Å²) < 4.78 is 9.38. The molecule has 14 rings (SSSR count). The largest absolute Gasteiger partial charge is 0.356 e. The molecule has 0 spiro atoms. The minimum Gasteiger partial charge on any atom is -0.356 e. The first-order chi connectivity index (χ1) is 33.8. The molecule has 5 aromatic heterocycles. The van der Waals surface area contributed by atoms with E-state index in [9.17, 15) is 0 Å². The van der Waals surface area contributed by atoms with E-state index >= 15 is 0 Å². The number of hydrogen-bond acceptors (Lipinski definition) is 4. The Morgan fingerprint density at radius 2 is 0.824 bits per heavy atom. The zero-order chi connectivity index (χ0) is 44.7. The molecule has 1 atom stereocenters. The van der Waals surface area contributed by atoms with Crippen molar-refractivity contribution in [1.29, 1.82) is 0 Å². The average Bonchev–Trinajstić information content (AvgIpc) is 4.14. The molecule has 1 aliphatic rings. The van der Waals surface area contributed by atoms with Gasteiger partial charge in [0.15, 0.2) is 11.7 Å². The van der Waals surface area contributed by atoms with Gasteiger partial charge in [0.25, 0.3) is 0 Å². The van der Waals surface area contributed by atoms with Gasteiger partial charge in [-0.2, -0.15) is 0 Å². The van der Waals surface area contributed by atoms with Crippen LogP contribution >= 0.6 is 0 Å². The minimum absolute atomic E-state index is 0.267. The van der Waals surface area contributed by atoms with Gasteiger partial charge in [-0.3, -0.25) is 18.3 Å². The second-order valence-corrected chi connectivity index (χ2v) is 17.3. The Labute approximate surface area is 390 Å². The van der Waals surface area contributed by atoms with Crippen molar-refractivity contribution in [2.75, 3.05) is 0 Å². The summed E-state index contributed by atoms with van der Waals surface area (Å²) in [4.78, 5) is 16.7. The van der Waals surface area contributed by atoms with Crippen molar-refractivity contribution in [1.82, 2.24) is 33.6 Å². The summed E-state index contributed by atoms with van der Waals surface area (Å²) in [6.07, 6.45) is 2.24. The van der Waals surface area contributed by atoms with E-state index in [2.05, 4.69) is 248 Å². The Kier molecular flexibility index (Phi) is 8.48. The normalized spacial score (nSPS) is 14.0. The third-order valence-corrected chi connectivity index (χ3v) is 13.4. The molecular formula is C60H40N8. The number of nitrogens with zero attached hydrogens (tertiary/aromatic N) is 7. The maximum absolute atomic E-state index is 5.63. The molecule has 0 amide bonds. The van der Waals surface area contributed by atoms with Gasteiger partial charge in [-0.1, -0.05) is 170 Å². The predicted molar refractivity (Wildman–Crippen MR) is 278 cm³/mol. The van der Waals surface area contributed by atoms with Gasteiger partial charge in [0.1, 0.15) is 22.9 Å². The second-order valence-electron chi connectivity index (χ2n) is 17.3. The smallest absolute Gasteiger partial charge is 0.198 e. The van der Waals surface area contributed by atoms with Crippen LogP contribution in [-0.4, -0.2) is 34.1 Å². The molecule has 8 heteroatoms. The number of rotatable bonds is 7. The first-order valence-electron chi connectivity index (χ1n) is 23.0. The van der Waals surface area contributed by atoms with E-state index in [0.717, 1.165) is 84.0 Å². The van der Waals surface area contributed by atoms with Gasteiger partial charge < -0.3 is 5.32 Å². The number of fused-ring (bicyclic) bond motifs is 10. The van der Waals surface area contributed by atoms with Crippen LogP contribution in [0.15, 0.2) is 236 Å². The highest BCUT2D eigenvalue weighted by Gasteiger charge is 2.29. The molecule has 0 saturated heterocycles. The topological polar surface area (TPSA) is 69.9 Å². The van der Waals surface area contributed by atoms with E-state index in [1.54, 1.807) is 0 Å². The third-order valence-electron chi connectivity index (χ3n) is 13.4. The van der Waals surface area contributed by atoms with Gasteiger partial charge in [-0.05, 0) is 60.2 Å². The highest BCUT2D eigenvalue weighted by Crippen LogP contribution is 2.43. The summed E-state index contributed by atoms with van der Waals surface area (Å²) in [6, 6.07) is 78.7. The molecule has 6 heterocycles. The number of benzene rings is 8. The maximum atomic E-state index is 5.63. The van der Waals surface area contributed by atoms with Crippen LogP contribution < -0.4 is 5.32 Å². The Hall–Kier alpha value is -9.27. The first kappa shape index (κ1) is 38.0. The quantitative estimate of drug-likeness (QED) is 0.173. The fourth-order valence-electron chi connectivity index (χ4n) is 10.5.